The Bertz CT molecular complexity index is 378. The average Bonchev–Trinajstić information content (AvgIpc) is 2.19. The van der Waals surface area contributed by atoms with E-state index in [1.54, 1.807) is 13.0 Å². The van der Waals surface area contributed by atoms with Gasteiger partial charge in [0.25, 0.3) is 0 Å². The molecule has 5 heteroatoms. The van der Waals surface area contributed by atoms with E-state index in [2.05, 4.69) is 0 Å². The normalized spacial score (nSPS) is 14.6. The van der Waals surface area contributed by atoms with Crippen molar-refractivity contribution in [2.24, 2.45) is 5.73 Å². The van der Waals surface area contributed by atoms with E-state index in [1.807, 2.05) is 0 Å². The number of phenols is 1. The molecule has 1 aromatic rings. The first-order valence-electron chi connectivity index (χ1n) is 4.38. The molecule has 5 N–H and O–H groups in total. The number of aromatic hydroxyl groups is 1. The van der Waals surface area contributed by atoms with Crippen LogP contribution < -0.4 is 5.73 Å². The van der Waals surface area contributed by atoms with Crippen LogP contribution in [-0.2, 0) is 4.79 Å². The van der Waals surface area contributed by atoms with Gasteiger partial charge in [0, 0.05) is 0 Å². The summed E-state index contributed by atoms with van der Waals surface area (Å²) in [5.41, 5.74) is 5.78. The summed E-state index contributed by atoms with van der Waals surface area (Å²) in [7, 11) is 0. The first-order valence-corrected chi connectivity index (χ1v) is 4.38. The minimum absolute atomic E-state index is 0.0497. The van der Waals surface area contributed by atoms with Crippen LogP contribution in [-0.4, -0.2) is 27.3 Å². The molecule has 2 unspecified atom stereocenters. The summed E-state index contributed by atoms with van der Waals surface area (Å²) in [6.45, 7) is 1.69. The molecule has 0 fully saturated rings. The Morgan fingerprint density at radius 1 is 1.40 bits per heavy atom. The third-order valence-corrected chi connectivity index (χ3v) is 2.17. The molecule has 0 bridgehead atoms. The molecular weight excluding hydrogens is 198 g/mol. The van der Waals surface area contributed by atoms with Crippen LogP contribution in [0.1, 0.15) is 17.2 Å². The minimum Gasteiger partial charge on any atom is -0.508 e. The molecular formula is C10H13NO4. The lowest BCUT2D eigenvalue weighted by Gasteiger charge is -2.17. The van der Waals surface area contributed by atoms with Gasteiger partial charge in [-0.05, 0) is 30.2 Å². The van der Waals surface area contributed by atoms with Crippen molar-refractivity contribution in [1.82, 2.24) is 0 Å². The van der Waals surface area contributed by atoms with Crippen molar-refractivity contribution >= 4 is 5.91 Å². The van der Waals surface area contributed by atoms with Crippen LogP contribution in [0.4, 0.5) is 0 Å². The standard InChI is InChI=1S/C10H13NO4/c1-5-2-3-6(12)4-7(5)8(13)9(14)10(11)15/h2-4,8-9,12-14H,1H3,(H2,11,15). The topological polar surface area (TPSA) is 104 Å². The molecule has 1 amide bonds. The molecule has 0 saturated heterocycles. The van der Waals surface area contributed by atoms with Gasteiger partial charge in [-0.2, -0.15) is 0 Å². The largest absolute Gasteiger partial charge is 0.508 e. The highest BCUT2D eigenvalue weighted by Gasteiger charge is 2.24. The number of rotatable bonds is 3. The number of hydrogen-bond donors (Lipinski definition) is 4. The molecule has 0 spiro atoms. The van der Waals surface area contributed by atoms with E-state index < -0.39 is 18.1 Å². The Morgan fingerprint density at radius 2 is 2.00 bits per heavy atom. The predicted octanol–water partition coefficient (Wildman–Crippen LogP) is -0.420. The van der Waals surface area contributed by atoms with Crippen molar-refractivity contribution in [2.75, 3.05) is 0 Å². The fourth-order valence-corrected chi connectivity index (χ4v) is 1.27. The first-order chi connectivity index (χ1) is 6.93. The van der Waals surface area contributed by atoms with Crippen molar-refractivity contribution in [2.45, 2.75) is 19.1 Å². The van der Waals surface area contributed by atoms with Crippen molar-refractivity contribution in [3.8, 4) is 5.75 Å². The van der Waals surface area contributed by atoms with Gasteiger partial charge in [-0.25, -0.2) is 0 Å². The highest BCUT2D eigenvalue weighted by Crippen LogP contribution is 2.24. The maximum atomic E-state index is 10.7. The molecule has 0 saturated carbocycles. The smallest absolute Gasteiger partial charge is 0.249 e. The predicted molar refractivity (Wildman–Crippen MR) is 53.0 cm³/mol. The van der Waals surface area contributed by atoms with Crippen LogP contribution >= 0.6 is 0 Å². The van der Waals surface area contributed by atoms with Gasteiger partial charge in [-0.3, -0.25) is 4.79 Å². The number of primary amides is 1. The van der Waals surface area contributed by atoms with Crippen LogP contribution in [0.3, 0.4) is 0 Å². The van der Waals surface area contributed by atoms with E-state index in [-0.39, 0.29) is 11.3 Å². The highest BCUT2D eigenvalue weighted by atomic mass is 16.3. The number of nitrogens with two attached hydrogens (primary N) is 1. The quantitative estimate of drug-likeness (QED) is 0.545. The van der Waals surface area contributed by atoms with E-state index in [0.717, 1.165) is 0 Å². The Labute approximate surface area is 86.8 Å². The number of hydrogen-bond acceptors (Lipinski definition) is 4. The monoisotopic (exact) mass is 211 g/mol. The zero-order valence-corrected chi connectivity index (χ0v) is 8.21. The second-order valence-corrected chi connectivity index (χ2v) is 3.33. The molecule has 0 aliphatic carbocycles. The lowest BCUT2D eigenvalue weighted by molar-refractivity contribution is -0.132. The summed E-state index contributed by atoms with van der Waals surface area (Å²) in [6, 6.07) is 4.30. The third-order valence-electron chi connectivity index (χ3n) is 2.17. The average molecular weight is 211 g/mol. The van der Waals surface area contributed by atoms with E-state index in [1.165, 1.54) is 12.1 Å². The number of aryl methyl sites for hydroxylation is 1. The molecule has 1 aromatic carbocycles. The first kappa shape index (κ1) is 11.5. The molecule has 0 aliphatic heterocycles. The summed E-state index contributed by atoms with van der Waals surface area (Å²) >= 11 is 0. The molecule has 0 heterocycles. The number of phenolic OH excluding ortho intramolecular Hbond substituents is 1. The summed E-state index contributed by atoms with van der Waals surface area (Å²) in [6.07, 6.45) is -3.10. The molecule has 1 rings (SSSR count). The number of aliphatic hydroxyl groups excluding tert-OH is 2. The number of amides is 1. The fraction of sp³-hybridized carbons (Fsp3) is 0.300. The Balaban J connectivity index is 3.04. The molecule has 15 heavy (non-hydrogen) atoms. The van der Waals surface area contributed by atoms with E-state index in [0.29, 0.717) is 5.56 Å². The van der Waals surface area contributed by atoms with Gasteiger partial charge in [-0.15, -0.1) is 0 Å². The van der Waals surface area contributed by atoms with Crippen LogP contribution in [0.2, 0.25) is 0 Å². The minimum atomic E-state index is -1.68. The maximum Gasteiger partial charge on any atom is 0.249 e. The molecule has 2 atom stereocenters. The van der Waals surface area contributed by atoms with Gasteiger partial charge in [0.2, 0.25) is 5.91 Å². The third kappa shape index (κ3) is 2.45. The fourth-order valence-electron chi connectivity index (χ4n) is 1.27. The van der Waals surface area contributed by atoms with Crippen molar-refractivity contribution in [3.05, 3.63) is 29.3 Å². The summed E-state index contributed by atoms with van der Waals surface area (Å²) in [5, 5.41) is 28.1. The Kier molecular flexibility index (Phi) is 3.28. The van der Waals surface area contributed by atoms with Crippen LogP contribution in [0, 0.1) is 6.92 Å². The van der Waals surface area contributed by atoms with Crippen molar-refractivity contribution in [3.63, 3.8) is 0 Å². The van der Waals surface area contributed by atoms with E-state index in [9.17, 15) is 20.1 Å². The molecule has 0 aliphatic rings. The Hall–Kier alpha value is -1.59. The van der Waals surface area contributed by atoms with Gasteiger partial charge in [0.05, 0.1) is 0 Å². The lowest BCUT2D eigenvalue weighted by Crippen LogP contribution is -2.34. The van der Waals surface area contributed by atoms with Gasteiger partial charge < -0.3 is 21.1 Å². The molecule has 0 radical (unpaired) electrons. The molecule has 0 aromatic heterocycles. The second-order valence-electron chi connectivity index (χ2n) is 3.33. The van der Waals surface area contributed by atoms with Crippen LogP contribution in [0.5, 0.6) is 5.75 Å². The van der Waals surface area contributed by atoms with Gasteiger partial charge >= 0.3 is 0 Å². The number of benzene rings is 1. The number of carbonyl (C=O) groups is 1. The zero-order valence-electron chi connectivity index (χ0n) is 8.21. The van der Waals surface area contributed by atoms with Gasteiger partial charge in [-0.1, -0.05) is 6.07 Å². The van der Waals surface area contributed by atoms with Crippen LogP contribution in [0.15, 0.2) is 18.2 Å². The second kappa shape index (κ2) is 4.29. The van der Waals surface area contributed by atoms with Crippen molar-refractivity contribution in [1.29, 1.82) is 0 Å². The summed E-state index contributed by atoms with van der Waals surface area (Å²) in [5.74, 6) is -1.06. The van der Waals surface area contributed by atoms with Gasteiger partial charge in [0.15, 0.2) is 6.10 Å². The van der Waals surface area contributed by atoms with Crippen LogP contribution in [0.25, 0.3) is 0 Å². The summed E-state index contributed by atoms with van der Waals surface area (Å²) < 4.78 is 0. The molecule has 82 valence electrons. The highest BCUT2D eigenvalue weighted by molar-refractivity contribution is 5.79. The summed E-state index contributed by atoms with van der Waals surface area (Å²) in [4.78, 5) is 10.7. The van der Waals surface area contributed by atoms with Gasteiger partial charge in [0.1, 0.15) is 11.9 Å². The lowest BCUT2D eigenvalue weighted by atomic mass is 9.99. The number of carbonyl (C=O) groups excluding carboxylic acids is 1. The SMILES string of the molecule is Cc1ccc(O)cc1C(O)C(O)C(N)=O. The molecule has 5 nitrogen and oxygen atoms in total. The van der Waals surface area contributed by atoms with E-state index in [4.69, 9.17) is 5.73 Å². The number of aliphatic hydroxyl groups is 2. The zero-order chi connectivity index (χ0) is 11.6. The van der Waals surface area contributed by atoms with Crippen molar-refractivity contribution < 1.29 is 20.1 Å². The maximum absolute atomic E-state index is 10.7. The Morgan fingerprint density at radius 3 is 2.53 bits per heavy atom. The van der Waals surface area contributed by atoms with E-state index >= 15 is 0 Å².